The molecule has 130 valence electrons. The highest BCUT2D eigenvalue weighted by molar-refractivity contribution is 6.70. The van der Waals surface area contributed by atoms with Crippen molar-refractivity contribution >= 4 is 8.32 Å². The molecule has 0 spiro atoms. The van der Waals surface area contributed by atoms with Crippen molar-refractivity contribution in [3.8, 4) is 5.75 Å². The monoisotopic (exact) mass is 344 g/mol. The SMILES string of the molecule is C[Si](C)(C)Oc1ccc([C@H](N2CCNCC2)C(F)(F)CO)cc1. The van der Waals surface area contributed by atoms with Crippen molar-refractivity contribution in [2.45, 2.75) is 31.6 Å². The molecule has 0 saturated carbocycles. The van der Waals surface area contributed by atoms with Crippen LogP contribution in [0, 0.1) is 0 Å². The third-order valence-corrected chi connectivity index (χ3v) is 4.60. The molecule has 2 rings (SSSR count). The number of halogens is 2. The maximum Gasteiger partial charge on any atom is 0.289 e. The van der Waals surface area contributed by atoms with Gasteiger partial charge in [-0.3, -0.25) is 4.90 Å². The quantitative estimate of drug-likeness (QED) is 0.778. The first-order valence-corrected chi connectivity index (χ1v) is 11.4. The van der Waals surface area contributed by atoms with Crippen LogP contribution >= 0.6 is 0 Å². The molecule has 7 heteroatoms. The van der Waals surface area contributed by atoms with Gasteiger partial charge in [-0.15, -0.1) is 0 Å². The molecular weight excluding hydrogens is 318 g/mol. The van der Waals surface area contributed by atoms with Gasteiger partial charge in [0.15, 0.2) is 0 Å². The molecule has 0 amide bonds. The Morgan fingerprint density at radius 2 is 1.78 bits per heavy atom. The predicted octanol–water partition coefficient (Wildman–Crippen LogP) is 2.47. The second-order valence-corrected chi connectivity index (χ2v) is 11.3. The van der Waals surface area contributed by atoms with Crippen molar-refractivity contribution in [2.75, 3.05) is 32.8 Å². The summed E-state index contributed by atoms with van der Waals surface area (Å²) in [5, 5.41) is 12.3. The molecule has 1 aromatic rings. The van der Waals surface area contributed by atoms with Gasteiger partial charge < -0.3 is 14.8 Å². The number of aliphatic hydroxyl groups is 1. The van der Waals surface area contributed by atoms with Crippen LogP contribution in [0.4, 0.5) is 8.78 Å². The fourth-order valence-electron chi connectivity index (χ4n) is 2.82. The van der Waals surface area contributed by atoms with E-state index in [2.05, 4.69) is 25.0 Å². The summed E-state index contributed by atoms with van der Waals surface area (Å²) in [6.45, 7) is 7.48. The zero-order valence-electron chi connectivity index (χ0n) is 14.0. The maximum absolute atomic E-state index is 14.3. The number of nitrogens with zero attached hydrogens (tertiary/aromatic N) is 1. The van der Waals surface area contributed by atoms with Crippen molar-refractivity contribution in [1.29, 1.82) is 0 Å². The molecule has 0 bridgehead atoms. The minimum Gasteiger partial charge on any atom is -0.544 e. The van der Waals surface area contributed by atoms with Gasteiger partial charge in [-0.25, -0.2) is 8.78 Å². The van der Waals surface area contributed by atoms with Gasteiger partial charge in [-0.2, -0.15) is 0 Å². The van der Waals surface area contributed by atoms with Gasteiger partial charge in [-0.1, -0.05) is 12.1 Å². The van der Waals surface area contributed by atoms with Crippen LogP contribution in [0.3, 0.4) is 0 Å². The summed E-state index contributed by atoms with van der Waals surface area (Å²) in [5.41, 5.74) is 0.508. The fraction of sp³-hybridized carbons (Fsp3) is 0.625. The van der Waals surface area contributed by atoms with Gasteiger partial charge in [-0.05, 0) is 37.3 Å². The van der Waals surface area contributed by atoms with E-state index in [1.54, 1.807) is 29.2 Å². The van der Waals surface area contributed by atoms with Crippen LogP contribution in [-0.4, -0.2) is 57.0 Å². The highest BCUT2D eigenvalue weighted by Gasteiger charge is 2.44. The topological polar surface area (TPSA) is 44.7 Å². The van der Waals surface area contributed by atoms with E-state index in [-0.39, 0.29) is 0 Å². The van der Waals surface area contributed by atoms with Crippen LogP contribution in [0.1, 0.15) is 11.6 Å². The van der Waals surface area contributed by atoms with Crippen LogP contribution in [0.15, 0.2) is 24.3 Å². The average molecular weight is 344 g/mol. The Morgan fingerprint density at radius 3 is 2.26 bits per heavy atom. The number of piperazine rings is 1. The largest absolute Gasteiger partial charge is 0.544 e. The third kappa shape index (κ3) is 4.97. The summed E-state index contributed by atoms with van der Waals surface area (Å²) in [5.74, 6) is -2.47. The summed E-state index contributed by atoms with van der Waals surface area (Å²) in [7, 11) is -1.73. The van der Waals surface area contributed by atoms with Gasteiger partial charge in [0.25, 0.3) is 5.92 Å². The number of hydrogen-bond donors (Lipinski definition) is 2. The molecule has 2 N–H and O–H groups in total. The van der Waals surface area contributed by atoms with E-state index in [4.69, 9.17) is 9.53 Å². The Morgan fingerprint density at radius 1 is 1.22 bits per heavy atom. The van der Waals surface area contributed by atoms with E-state index in [1.807, 2.05) is 0 Å². The van der Waals surface area contributed by atoms with E-state index in [0.29, 0.717) is 37.5 Å². The van der Waals surface area contributed by atoms with E-state index < -0.39 is 26.9 Å². The zero-order chi connectivity index (χ0) is 17.1. The number of nitrogens with one attached hydrogen (secondary N) is 1. The summed E-state index contributed by atoms with van der Waals surface area (Å²) in [6.07, 6.45) is 0. The van der Waals surface area contributed by atoms with Crippen molar-refractivity contribution < 1.29 is 18.3 Å². The Labute approximate surface area is 137 Å². The van der Waals surface area contributed by atoms with E-state index in [9.17, 15) is 8.78 Å². The number of alkyl halides is 2. The molecule has 1 atom stereocenters. The smallest absolute Gasteiger partial charge is 0.289 e. The standard InChI is InChI=1S/C16H26F2N2O2Si/c1-23(2,3)22-14-6-4-13(5-7-14)15(16(17,18)12-21)20-10-8-19-9-11-20/h4-7,15,19,21H,8-12H2,1-3H3/t15-/m0/s1. The molecular formula is C16H26F2N2O2Si. The molecule has 0 unspecified atom stereocenters. The van der Waals surface area contributed by atoms with Crippen molar-refractivity contribution in [3.63, 3.8) is 0 Å². The van der Waals surface area contributed by atoms with E-state index in [0.717, 1.165) is 0 Å². The minimum atomic E-state index is -3.18. The highest BCUT2D eigenvalue weighted by atomic mass is 28.4. The Bertz CT molecular complexity index is 500. The van der Waals surface area contributed by atoms with E-state index >= 15 is 0 Å². The molecule has 23 heavy (non-hydrogen) atoms. The molecule has 0 aliphatic carbocycles. The highest BCUT2D eigenvalue weighted by Crippen LogP contribution is 2.37. The second kappa shape index (κ2) is 7.25. The first kappa shape index (κ1) is 18.3. The van der Waals surface area contributed by atoms with Crippen LogP contribution < -0.4 is 9.74 Å². The number of aliphatic hydroxyl groups excluding tert-OH is 1. The normalized spacial score (nSPS) is 18.7. The molecule has 1 aromatic carbocycles. The lowest BCUT2D eigenvalue weighted by Gasteiger charge is -2.38. The predicted molar refractivity (Wildman–Crippen MR) is 89.6 cm³/mol. The molecule has 0 radical (unpaired) electrons. The van der Waals surface area contributed by atoms with Crippen LogP contribution in [0.25, 0.3) is 0 Å². The third-order valence-electron chi connectivity index (χ3n) is 3.75. The molecule has 1 saturated heterocycles. The fourth-order valence-corrected chi connectivity index (χ4v) is 3.66. The lowest BCUT2D eigenvalue weighted by molar-refractivity contribution is -0.118. The van der Waals surface area contributed by atoms with Crippen LogP contribution in [0.2, 0.25) is 19.6 Å². The molecule has 1 heterocycles. The molecule has 1 fully saturated rings. The van der Waals surface area contributed by atoms with Gasteiger partial charge in [0.05, 0.1) is 0 Å². The average Bonchev–Trinajstić information content (AvgIpc) is 2.49. The summed E-state index contributed by atoms with van der Waals surface area (Å²) in [4.78, 5) is 1.74. The molecule has 4 nitrogen and oxygen atoms in total. The first-order valence-electron chi connectivity index (χ1n) is 7.95. The van der Waals surface area contributed by atoms with Gasteiger partial charge in [0.1, 0.15) is 18.4 Å². The number of benzene rings is 1. The van der Waals surface area contributed by atoms with E-state index in [1.165, 1.54) is 0 Å². The lowest BCUT2D eigenvalue weighted by atomic mass is 9.98. The van der Waals surface area contributed by atoms with Gasteiger partial charge >= 0.3 is 0 Å². The summed E-state index contributed by atoms with van der Waals surface area (Å²) in [6, 6.07) is 5.75. The lowest BCUT2D eigenvalue weighted by Crippen LogP contribution is -2.51. The van der Waals surface area contributed by atoms with Gasteiger partial charge in [0.2, 0.25) is 8.32 Å². The Balaban J connectivity index is 2.24. The first-order chi connectivity index (χ1) is 10.7. The van der Waals surface area contributed by atoms with Gasteiger partial charge in [0, 0.05) is 26.2 Å². The zero-order valence-corrected chi connectivity index (χ0v) is 15.0. The van der Waals surface area contributed by atoms with Crippen LogP contribution in [0.5, 0.6) is 5.75 Å². The summed E-state index contributed by atoms with van der Waals surface area (Å²) >= 11 is 0. The van der Waals surface area contributed by atoms with Crippen molar-refractivity contribution in [3.05, 3.63) is 29.8 Å². The molecule has 1 aliphatic rings. The summed E-state index contributed by atoms with van der Waals surface area (Å²) < 4.78 is 34.5. The van der Waals surface area contributed by atoms with Crippen LogP contribution in [-0.2, 0) is 0 Å². The Hall–Kier alpha value is -1.02. The minimum absolute atomic E-state index is 0.508. The molecule has 1 aliphatic heterocycles. The number of hydrogen-bond acceptors (Lipinski definition) is 4. The van der Waals surface area contributed by atoms with Crippen molar-refractivity contribution in [1.82, 2.24) is 10.2 Å². The number of rotatable bonds is 6. The van der Waals surface area contributed by atoms with Crippen molar-refractivity contribution in [2.24, 2.45) is 0 Å². The second-order valence-electron chi connectivity index (χ2n) is 6.89. The Kier molecular flexibility index (Phi) is 5.78. The maximum atomic E-state index is 14.3. The molecule has 0 aromatic heterocycles.